The molecule has 0 spiro atoms. The van der Waals surface area contributed by atoms with Gasteiger partial charge in [0.1, 0.15) is 0 Å². The third kappa shape index (κ3) is 3.01. The van der Waals surface area contributed by atoms with Crippen LogP contribution in [0.25, 0.3) is 0 Å². The van der Waals surface area contributed by atoms with Gasteiger partial charge < -0.3 is 9.47 Å². The summed E-state index contributed by atoms with van der Waals surface area (Å²) < 4.78 is 11.2. The van der Waals surface area contributed by atoms with Crippen molar-refractivity contribution in [2.45, 2.75) is 39.7 Å². The number of hydrogen-bond acceptors (Lipinski definition) is 4. The van der Waals surface area contributed by atoms with Crippen molar-refractivity contribution in [3.63, 3.8) is 0 Å². The van der Waals surface area contributed by atoms with Crippen molar-refractivity contribution in [3.8, 4) is 11.5 Å². The Morgan fingerprint density at radius 3 is 2.37 bits per heavy atom. The van der Waals surface area contributed by atoms with Gasteiger partial charge in [-0.2, -0.15) is 0 Å². The van der Waals surface area contributed by atoms with E-state index in [0.717, 1.165) is 17.1 Å². The fourth-order valence-corrected chi connectivity index (χ4v) is 2.43. The van der Waals surface area contributed by atoms with E-state index in [0.29, 0.717) is 13.2 Å². The summed E-state index contributed by atoms with van der Waals surface area (Å²) in [6, 6.07) is 6.26. The average Bonchev–Trinajstić information content (AvgIpc) is 3.12. The number of rotatable bonds is 7. The van der Waals surface area contributed by atoms with Gasteiger partial charge in [-0.25, -0.2) is 0 Å². The van der Waals surface area contributed by atoms with Crippen LogP contribution < -0.4 is 20.7 Å². The first kappa shape index (κ1) is 14.2. The largest absolute Gasteiger partial charge is 0.490 e. The van der Waals surface area contributed by atoms with Crippen LogP contribution in [0.5, 0.6) is 11.5 Å². The van der Waals surface area contributed by atoms with Gasteiger partial charge in [0.15, 0.2) is 11.5 Å². The van der Waals surface area contributed by atoms with E-state index in [4.69, 9.17) is 15.3 Å². The van der Waals surface area contributed by atoms with E-state index in [1.807, 2.05) is 26.0 Å². The topological polar surface area (TPSA) is 56.5 Å². The van der Waals surface area contributed by atoms with E-state index in [9.17, 15) is 0 Å². The van der Waals surface area contributed by atoms with Crippen molar-refractivity contribution in [3.05, 3.63) is 23.8 Å². The number of hydrogen-bond donors (Lipinski definition) is 2. The van der Waals surface area contributed by atoms with Crippen molar-refractivity contribution in [1.29, 1.82) is 0 Å². The molecule has 0 saturated heterocycles. The van der Waals surface area contributed by atoms with Crippen molar-refractivity contribution >= 4 is 0 Å². The van der Waals surface area contributed by atoms with Gasteiger partial charge in [0.25, 0.3) is 0 Å². The highest BCUT2D eigenvalue weighted by Crippen LogP contribution is 2.54. The molecule has 4 nitrogen and oxygen atoms in total. The second kappa shape index (κ2) is 5.80. The normalized spacial score (nSPS) is 17.9. The monoisotopic (exact) mass is 264 g/mol. The van der Waals surface area contributed by atoms with Gasteiger partial charge in [0.05, 0.1) is 19.3 Å². The predicted molar refractivity (Wildman–Crippen MR) is 76.2 cm³/mol. The Balaban J connectivity index is 2.28. The van der Waals surface area contributed by atoms with Crippen LogP contribution in [0.3, 0.4) is 0 Å². The van der Waals surface area contributed by atoms with E-state index in [1.54, 1.807) is 0 Å². The van der Waals surface area contributed by atoms with E-state index in [2.05, 4.69) is 18.4 Å². The number of benzene rings is 1. The molecule has 0 aliphatic heterocycles. The van der Waals surface area contributed by atoms with Crippen LogP contribution in [-0.2, 0) is 0 Å². The molecule has 0 aromatic heterocycles. The van der Waals surface area contributed by atoms with Crippen molar-refractivity contribution in [2.24, 2.45) is 11.3 Å². The van der Waals surface area contributed by atoms with E-state index < -0.39 is 0 Å². The molecule has 1 aliphatic rings. The van der Waals surface area contributed by atoms with Gasteiger partial charge in [-0.1, -0.05) is 13.0 Å². The zero-order chi connectivity index (χ0) is 13.9. The molecule has 1 saturated carbocycles. The maximum absolute atomic E-state index is 5.73. The molecule has 0 bridgehead atoms. The van der Waals surface area contributed by atoms with Gasteiger partial charge in [-0.15, -0.1) is 0 Å². The van der Waals surface area contributed by atoms with Crippen molar-refractivity contribution in [2.75, 3.05) is 13.2 Å². The van der Waals surface area contributed by atoms with Crippen LogP contribution in [0.2, 0.25) is 0 Å². The number of ether oxygens (including phenoxy) is 2. The minimum Gasteiger partial charge on any atom is -0.490 e. The Bertz CT molecular complexity index is 430. The SMILES string of the molecule is CCOc1ccc(C(NN)C2(C)CC2)cc1OCC. The minimum absolute atomic E-state index is 0.169. The lowest BCUT2D eigenvalue weighted by Crippen LogP contribution is -2.33. The summed E-state index contributed by atoms with van der Waals surface area (Å²) in [6.45, 7) is 7.47. The average molecular weight is 264 g/mol. The molecule has 1 aliphatic carbocycles. The maximum atomic E-state index is 5.73. The molecule has 1 fully saturated rings. The lowest BCUT2D eigenvalue weighted by Gasteiger charge is -2.24. The molecule has 0 heterocycles. The fraction of sp³-hybridized carbons (Fsp3) is 0.600. The summed E-state index contributed by atoms with van der Waals surface area (Å²) in [5.41, 5.74) is 4.38. The van der Waals surface area contributed by atoms with Gasteiger partial charge >= 0.3 is 0 Å². The smallest absolute Gasteiger partial charge is 0.161 e. The molecular weight excluding hydrogens is 240 g/mol. The summed E-state index contributed by atoms with van der Waals surface area (Å²) in [7, 11) is 0. The number of nitrogens with two attached hydrogens (primary N) is 1. The van der Waals surface area contributed by atoms with E-state index >= 15 is 0 Å². The zero-order valence-electron chi connectivity index (χ0n) is 12.0. The molecule has 4 heteroatoms. The molecule has 1 unspecified atom stereocenters. The van der Waals surface area contributed by atoms with Gasteiger partial charge in [-0.05, 0) is 49.8 Å². The molecule has 3 N–H and O–H groups in total. The zero-order valence-corrected chi connectivity index (χ0v) is 12.0. The van der Waals surface area contributed by atoms with Crippen LogP contribution in [0.4, 0.5) is 0 Å². The van der Waals surface area contributed by atoms with Crippen LogP contribution in [0, 0.1) is 5.41 Å². The Hall–Kier alpha value is -1.26. The van der Waals surface area contributed by atoms with Crippen LogP contribution in [0.15, 0.2) is 18.2 Å². The summed E-state index contributed by atoms with van der Waals surface area (Å²) in [4.78, 5) is 0. The second-order valence-electron chi connectivity index (χ2n) is 5.33. The van der Waals surface area contributed by atoms with E-state index in [1.165, 1.54) is 12.8 Å². The molecule has 0 amide bonds. The van der Waals surface area contributed by atoms with Gasteiger partial charge in [-0.3, -0.25) is 11.3 Å². The first-order chi connectivity index (χ1) is 9.14. The van der Waals surface area contributed by atoms with Crippen LogP contribution >= 0.6 is 0 Å². The predicted octanol–water partition coefficient (Wildman–Crippen LogP) is 2.79. The highest BCUT2D eigenvalue weighted by atomic mass is 16.5. The molecule has 19 heavy (non-hydrogen) atoms. The van der Waals surface area contributed by atoms with Crippen molar-refractivity contribution in [1.82, 2.24) is 5.43 Å². The third-order valence-corrected chi connectivity index (χ3v) is 3.80. The molecule has 1 atom stereocenters. The first-order valence-corrected chi connectivity index (χ1v) is 7.00. The summed E-state index contributed by atoms with van der Waals surface area (Å²) in [6.07, 6.45) is 2.41. The van der Waals surface area contributed by atoms with Crippen LogP contribution in [0.1, 0.15) is 45.2 Å². The first-order valence-electron chi connectivity index (χ1n) is 7.00. The fourth-order valence-electron chi connectivity index (χ4n) is 2.43. The number of nitrogens with one attached hydrogen (secondary N) is 1. The number of hydrazine groups is 1. The summed E-state index contributed by atoms with van der Waals surface area (Å²) >= 11 is 0. The van der Waals surface area contributed by atoms with Gasteiger partial charge in [0.2, 0.25) is 0 Å². The standard InChI is InChI=1S/C15H24N2O2/c1-4-18-12-7-6-11(10-13(12)19-5-2)14(17-16)15(3)8-9-15/h6-7,10,14,17H,4-5,8-9,16H2,1-3H3. The Morgan fingerprint density at radius 1 is 1.21 bits per heavy atom. The maximum Gasteiger partial charge on any atom is 0.161 e. The Labute approximate surface area is 115 Å². The van der Waals surface area contributed by atoms with Crippen LogP contribution in [-0.4, -0.2) is 13.2 Å². The Kier molecular flexibility index (Phi) is 4.32. The highest BCUT2D eigenvalue weighted by Gasteiger charge is 2.45. The molecular formula is C15H24N2O2. The molecule has 106 valence electrons. The molecule has 1 aromatic carbocycles. The van der Waals surface area contributed by atoms with Gasteiger partial charge in [0, 0.05) is 0 Å². The third-order valence-electron chi connectivity index (χ3n) is 3.80. The second-order valence-corrected chi connectivity index (χ2v) is 5.33. The lowest BCUT2D eigenvalue weighted by molar-refractivity contribution is 0.286. The highest BCUT2D eigenvalue weighted by molar-refractivity contribution is 5.44. The minimum atomic E-state index is 0.169. The van der Waals surface area contributed by atoms with E-state index in [-0.39, 0.29) is 11.5 Å². The lowest BCUT2D eigenvalue weighted by atomic mass is 9.92. The molecule has 0 radical (unpaired) electrons. The summed E-state index contributed by atoms with van der Waals surface area (Å²) in [5.74, 6) is 7.32. The molecule has 1 aromatic rings. The van der Waals surface area contributed by atoms with Crippen molar-refractivity contribution < 1.29 is 9.47 Å². The Morgan fingerprint density at radius 2 is 1.84 bits per heavy atom. The molecule has 2 rings (SSSR count). The quantitative estimate of drug-likeness (QED) is 0.587. The summed E-state index contributed by atoms with van der Waals surface area (Å²) in [5, 5.41) is 0.